The van der Waals surface area contributed by atoms with Crippen LogP contribution in [0.1, 0.15) is 0 Å². The third-order valence-electron chi connectivity index (χ3n) is 1.92. The Hall–Kier alpha value is 0.390. The molecule has 0 aliphatic carbocycles. The highest BCUT2D eigenvalue weighted by molar-refractivity contribution is 4.84. The van der Waals surface area contributed by atoms with Crippen LogP contribution >= 0.6 is 0 Å². The van der Waals surface area contributed by atoms with E-state index < -0.39 is 0 Å². The van der Waals surface area contributed by atoms with Crippen molar-refractivity contribution in [3.63, 3.8) is 0 Å². The third-order valence-corrected chi connectivity index (χ3v) is 1.92. The average Bonchev–Trinajstić information content (AvgIpc) is 1.77. The minimum Gasteiger partial charge on any atom is -1.00 e. The lowest BCUT2D eigenvalue weighted by Gasteiger charge is -2.34. The smallest absolute Gasteiger partial charge is 0.127 e. The molecule has 10 heavy (non-hydrogen) atoms. The first-order valence-electron chi connectivity index (χ1n) is 3.22. The fraction of sp³-hybridized carbons (Fsp3) is 0.714. The number of morpholine rings is 1. The van der Waals surface area contributed by atoms with Gasteiger partial charge in [0.2, 0.25) is 0 Å². The van der Waals surface area contributed by atoms with Crippen molar-refractivity contribution in [2.75, 3.05) is 33.9 Å². The third kappa shape index (κ3) is 2.21. The first-order valence-corrected chi connectivity index (χ1v) is 3.22. The number of hydrogen-bond acceptors (Lipinski definition) is 1. The van der Waals surface area contributed by atoms with Gasteiger partial charge >= 0.3 is 0 Å². The molecule has 1 aliphatic heterocycles. The molecule has 0 radical (unpaired) electrons. The van der Waals surface area contributed by atoms with Gasteiger partial charge < -0.3 is 28.7 Å². The van der Waals surface area contributed by atoms with Crippen LogP contribution < -0.4 is 24.0 Å². The number of quaternary nitrogens is 1. The largest absolute Gasteiger partial charge is 1.00 e. The predicted molar refractivity (Wildman–Crippen MR) is 36.9 cm³/mol. The lowest BCUT2D eigenvalue weighted by atomic mass is 10.3. The molecule has 1 saturated heterocycles. The van der Waals surface area contributed by atoms with Gasteiger partial charge in [0, 0.05) is 0 Å². The van der Waals surface area contributed by atoms with Gasteiger partial charge in [0.1, 0.15) is 18.8 Å². The van der Waals surface area contributed by atoms with E-state index >= 15 is 0 Å². The highest BCUT2D eigenvalue weighted by Gasteiger charge is 2.23. The van der Waals surface area contributed by atoms with Crippen LogP contribution in [0, 0.1) is 0 Å². The minimum absolute atomic E-state index is 0. The van der Waals surface area contributed by atoms with Crippen LogP contribution in [0.4, 0.5) is 0 Å². The molecule has 0 saturated carbocycles. The molecule has 0 bridgehead atoms. The van der Waals surface area contributed by atoms with Gasteiger partial charge in [-0.2, -0.15) is 0 Å². The molecular weight excluding hydrogens is 241 g/mol. The topological polar surface area (TPSA) is 9.23 Å². The van der Waals surface area contributed by atoms with E-state index in [1.807, 2.05) is 0 Å². The maximum Gasteiger partial charge on any atom is 0.127 e. The lowest BCUT2D eigenvalue weighted by molar-refractivity contribution is -0.860. The first kappa shape index (κ1) is 10.4. The number of rotatable bonds is 0. The van der Waals surface area contributed by atoms with Crippen molar-refractivity contribution in [3.05, 3.63) is 12.3 Å². The zero-order valence-electron chi connectivity index (χ0n) is 6.56. The summed E-state index contributed by atoms with van der Waals surface area (Å²) in [6.07, 6.45) is 0. The Bertz CT molecular complexity index is 134. The highest BCUT2D eigenvalue weighted by atomic mass is 127. The summed E-state index contributed by atoms with van der Waals surface area (Å²) in [4.78, 5) is 0. The molecule has 0 aromatic carbocycles. The summed E-state index contributed by atoms with van der Waals surface area (Å²) >= 11 is 0. The summed E-state index contributed by atoms with van der Waals surface area (Å²) in [6.45, 7) is 6.56. The second-order valence-corrected chi connectivity index (χ2v) is 3.03. The summed E-state index contributed by atoms with van der Waals surface area (Å²) < 4.78 is 6.12. The molecule has 0 amide bonds. The van der Waals surface area contributed by atoms with Crippen LogP contribution in [0.3, 0.4) is 0 Å². The molecule has 60 valence electrons. The molecule has 1 rings (SSSR count). The van der Waals surface area contributed by atoms with Crippen molar-refractivity contribution in [3.8, 4) is 0 Å². The Morgan fingerprint density at radius 2 is 2.10 bits per heavy atom. The number of likely N-dealkylation sites (N-methyl/N-ethyl adjacent to an activating group) is 1. The van der Waals surface area contributed by atoms with Crippen molar-refractivity contribution in [2.24, 2.45) is 0 Å². The van der Waals surface area contributed by atoms with Crippen LogP contribution in [0.25, 0.3) is 0 Å². The van der Waals surface area contributed by atoms with Gasteiger partial charge in [-0.05, 0) is 6.58 Å². The minimum atomic E-state index is 0. The average molecular weight is 255 g/mol. The van der Waals surface area contributed by atoms with Crippen molar-refractivity contribution in [2.45, 2.75) is 0 Å². The SMILES string of the molecule is C=C1COCC[N+]1(C)C.[I-]. The zero-order valence-corrected chi connectivity index (χ0v) is 8.72. The van der Waals surface area contributed by atoms with Crippen LogP contribution in [-0.4, -0.2) is 38.3 Å². The normalized spacial score (nSPS) is 23.6. The summed E-state index contributed by atoms with van der Waals surface area (Å²) in [5, 5.41) is 0. The number of nitrogens with zero attached hydrogens (tertiary/aromatic N) is 1. The van der Waals surface area contributed by atoms with Crippen LogP contribution in [0.2, 0.25) is 0 Å². The molecule has 0 N–H and O–H groups in total. The van der Waals surface area contributed by atoms with E-state index in [1.54, 1.807) is 0 Å². The summed E-state index contributed by atoms with van der Waals surface area (Å²) in [5.41, 5.74) is 1.17. The summed E-state index contributed by atoms with van der Waals surface area (Å²) in [6, 6.07) is 0. The van der Waals surface area contributed by atoms with Crippen LogP contribution in [-0.2, 0) is 4.74 Å². The maximum absolute atomic E-state index is 5.20. The van der Waals surface area contributed by atoms with Gasteiger partial charge in [0.05, 0.1) is 20.7 Å². The quantitative estimate of drug-likeness (QED) is 0.347. The molecule has 0 spiro atoms. The van der Waals surface area contributed by atoms with Crippen LogP contribution in [0.15, 0.2) is 12.3 Å². The van der Waals surface area contributed by atoms with E-state index in [-0.39, 0.29) is 24.0 Å². The number of ether oxygens (including phenoxy) is 1. The maximum atomic E-state index is 5.20. The molecule has 3 heteroatoms. The second-order valence-electron chi connectivity index (χ2n) is 3.03. The zero-order chi connectivity index (χ0) is 6.91. The van der Waals surface area contributed by atoms with Crippen molar-refractivity contribution in [1.29, 1.82) is 0 Å². The Balaban J connectivity index is 0.000000810. The van der Waals surface area contributed by atoms with E-state index in [4.69, 9.17) is 4.74 Å². The second kappa shape index (κ2) is 3.69. The predicted octanol–water partition coefficient (Wildman–Crippen LogP) is -2.39. The molecule has 0 atom stereocenters. The van der Waals surface area contributed by atoms with E-state index in [1.165, 1.54) is 5.70 Å². The molecule has 0 aromatic rings. The van der Waals surface area contributed by atoms with Crippen LogP contribution in [0.5, 0.6) is 0 Å². The van der Waals surface area contributed by atoms with Crippen molar-refractivity contribution < 1.29 is 33.2 Å². The van der Waals surface area contributed by atoms with Crippen molar-refractivity contribution >= 4 is 0 Å². The monoisotopic (exact) mass is 255 g/mol. The standard InChI is InChI=1S/C7H14NO.HI/c1-7-6-9-5-4-8(7,2)3;/h1,4-6H2,2-3H3;1H/q+1;/p-1. The lowest BCUT2D eigenvalue weighted by Crippen LogP contribution is -3.00. The van der Waals surface area contributed by atoms with Gasteiger partial charge in [-0.25, -0.2) is 0 Å². The Morgan fingerprint density at radius 1 is 1.50 bits per heavy atom. The van der Waals surface area contributed by atoms with Gasteiger partial charge in [-0.15, -0.1) is 0 Å². The fourth-order valence-electron chi connectivity index (χ4n) is 0.816. The Kier molecular flexibility index (Phi) is 3.83. The van der Waals surface area contributed by atoms with E-state index in [2.05, 4.69) is 20.7 Å². The molecule has 0 unspecified atom stereocenters. The molecule has 1 heterocycles. The van der Waals surface area contributed by atoms with E-state index in [0.29, 0.717) is 0 Å². The Morgan fingerprint density at radius 3 is 2.40 bits per heavy atom. The molecule has 2 nitrogen and oxygen atoms in total. The summed E-state index contributed by atoms with van der Waals surface area (Å²) in [7, 11) is 4.32. The molecular formula is C7H14INO. The molecule has 1 aliphatic rings. The Labute approximate surface area is 79.5 Å². The van der Waals surface area contributed by atoms with Gasteiger partial charge in [-0.3, -0.25) is 4.48 Å². The van der Waals surface area contributed by atoms with Gasteiger partial charge in [0.25, 0.3) is 0 Å². The molecule has 1 fully saturated rings. The number of halogens is 1. The van der Waals surface area contributed by atoms with Crippen molar-refractivity contribution in [1.82, 2.24) is 0 Å². The fourth-order valence-corrected chi connectivity index (χ4v) is 0.816. The van der Waals surface area contributed by atoms with Gasteiger partial charge in [-0.1, -0.05) is 0 Å². The number of hydrogen-bond donors (Lipinski definition) is 0. The summed E-state index contributed by atoms with van der Waals surface area (Å²) in [5.74, 6) is 0. The molecule has 0 aromatic heterocycles. The van der Waals surface area contributed by atoms with E-state index in [9.17, 15) is 0 Å². The first-order chi connectivity index (χ1) is 4.13. The van der Waals surface area contributed by atoms with E-state index in [0.717, 1.165) is 24.2 Å². The highest BCUT2D eigenvalue weighted by Crippen LogP contribution is 2.13. The van der Waals surface area contributed by atoms with Gasteiger partial charge in [0.15, 0.2) is 0 Å².